The quantitative estimate of drug-likeness (QED) is 0.180. The van der Waals surface area contributed by atoms with Crippen LogP contribution in [0.25, 0.3) is 32.8 Å². The molecule has 1 spiro atoms. The minimum Gasteiger partial charge on any atom is -0.508 e. The number of terminal acetylenes is 1. The SMILES string of the molecule is C#Cc1c(F)ccc2cc(O)cc(-c3ccc4c(N5CCC6(CC5)CC(F)(F)C6)nc(OCC56CCCN5CC(F)C6)nc4c3F)c12. The van der Waals surface area contributed by atoms with Gasteiger partial charge in [0.15, 0.2) is 5.82 Å². The average molecular weight is 649 g/mol. The number of phenolic OH excluding ortho intramolecular Hbond substituents is 1. The molecular formula is C36H33F5N4O2. The Bertz CT molecular complexity index is 1960. The van der Waals surface area contributed by atoms with E-state index in [9.17, 15) is 22.7 Å². The van der Waals surface area contributed by atoms with E-state index in [2.05, 4.69) is 15.8 Å². The van der Waals surface area contributed by atoms with Crippen LogP contribution >= 0.6 is 0 Å². The van der Waals surface area contributed by atoms with E-state index in [1.807, 2.05) is 4.90 Å². The van der Waals surface area contributed by atoms with Gasteiger partial charge in [-0.05, 0) is 72.9 Å². The Kier molecular flexibility index (Phi) is 6.85. The molecule has 4 heterocycles. The number of hydrogen-bond donors (Lipinski definition) is 1. The van der Waals surface area contributed by atoms with Gasteiger partial charge in [0.05, 0.1) is 11.1 Å². The summed E-state index contributed by atoms with van der Waals surface area (Å²) in [6, 6.07) is 8.57. The first kappa shape index (κ1) is 30.2. The Morgan fingerprint density at radius 2 is 1.79 bits per heavy atom. The molecule has 4 fully saturated rings. The van der Waals surface area contributed by atoms with Crippen LogP contribution in [0.2, 0.25) is 0 Å². The molecule has 4 aliphatic rings. The van der Waals surface area contributed by atoms with Gasteiger partial charge in [-0.15, -0.1) is 6.42 Å². The number of phenols is 1. The topological polar surface area (TPSA) is 61.7 Å². The molecule has 6 nitrogen and oxygen atoms in total. The summed E-state index contributed by atoms with van der Waals surface area (Å²) in [5, 5.41) is 11.6. The number of rotatable bonds is 5. The molecule has 244 valence electrons. The van der Waals surface area contributed by atoms with Crippen LogP contribution < -0.4 is 9.64 Å². The molecule has 11 heteroatoms. The Hall–Kier alpha value is -4.17. The Balaban J connectivity index is 1.23. The van der Waals surface area contributed by atoms with Crippen molar-refractivity contribution >= 4 is 27.5 Å². The first-order valence-electron chi connectivity index (χ1n) is 16.1. The second-order valence-electron chi connectivity index (χ2n) is 13.9. The van der Waals surface area contributed by atoms with Crippen LogP contribution in [-0.2, 0) is 0 Å². The zero-order chi connectivity index (χ0) is 32.7. The molecule has 0 bridgehead atoms. The molecule has 2 unspecified atom stereocenters. The van der Waals surface area contributed by atoms with E-state index in [0.717, 1.165) is 19.4 Å². The lowest BCUT2D eigenvalue weighted by Gasteiger charge is -2.52. The van der Waals surface area contributed by atoms with E-state index >= 15 is 4.39 Å². The van der Waals surface area contributed by atoms with Gasteiger partial charge in [-0.2, -0.15) is 9.97 Å². The molecule has 1 saturated carbocycles. The van der Waals surface area contributed by atoms with Crippen molar-refractivity contribution in [3.63, 3.8) is 0 Å². The van der Waals surface area contributed by atoms with Crippen LogP contribution in [-0.4, -0.2) is 70.4 Å². The highest BCUT2D eigenvalue weighted by Gasteiger charge is 2.57. The summed E-state index contributed by atoms with van der Waals surface area (Å²) in [4.78, 5) is 13.3. The van der Waals surface area contributed by atoms with Crippen LogP contribution in [0, 0.1) is 29.4 Å². The Morgan fingerprint density at radius 1 is 1.00 bits per heavy atom. The number of hydrogen-bond acceptors (Lipinski definition) is 6. The van der Waals surface area contributed by atoms with Gasteiger partial charge in [-0.25, -0.2) is 22.0 Å². The van der Waals surface area contributed by atoms with Gasteiger partial charge >= 0.3 is 6.01 Å². The van der Waals surface area contributed by atoms with Gasteiger partial charge in [-0.3, -0.25) is 4.90 Å². The van der Waals surface area contributed by atoms with Gasteiger partial charge in [0, 0.05) is 55.2 Å². The van der Waals surface area contributed by atoms with Crippen LogP contribution in [0.15, 0.2) is 36.4 Å². The fourth-order valence-corrected chi connectivity index (χ4v) is 8.66. The number of halogens is 5. The Labute approximate surface area is 268 Å². The fraction of sp³-hybridized carbons (Fsp3) is 0.444. The highest BCUT2D eigenvalue weighted by atomic mass is 19.3. The van der Waals surface area contributed by atoms with Gasteiger partial charge < -0.3 is 14.7 Å². The van der Waals surface area contributed by atoms with Crippen LogP contribution in [0.4, 0.5) is 27.8 Å². The minimum absolute atomic E-state index is 0.0435. The lowest BCUT2D eigenvalue weighted by atomic mass is 9.61. The maximum absolute atomic E-state index is 16.8. The molecule has 0 amide bonds. The monoisotopic (exact) mass is 648 g/mol. The lowest BCUT2D eigenvalue weighted by Crippen LogP contribution is -2.52. The second kappa shape index (κ2) is 10.7. The number of nitrogens with zero attached hydrogens (tertiary/aromatic N) is 4. The van der Waals surface area contributed by atoms with E-state index in [1.165, 1.54) is 30.3 Å². The van der Waals surface area contributed by atoms with Crippen molar-refractivity contribution in [3.05, 3.63) is 53.6 Å². The first-order chi connectivity index (χ1) is 22.5. The molecule has 3 aromatic carbocycles. The zero-order valence-electron chi connectivity index (χ0n) is 25.6. The van der Waals surface area contributed by atoms with E-state index in [0.29, 0.717) is 55.5 Å². The molecule has 1 N–H and O–H groups in total. The number of aromatic nitrogens is 2. The summed E-state index contributed by atoms with van der Waals surface area (Å²) in [5.41, 5.74) is -0.762. The molecule has 47 heavy (non-hydrogen) atoms. The van der Waals surface area contributed by atoms with Crippen molar-refractivity contribution in [2.45, 2.75) is 62.6 Å². The second-order valence-corrected chi connectivity index (χ2v) is 13.9. The third-order valence-corrected chi connectivity index (χ3v) is 10.9. The number of benzene rings is 3. The summed E-state index contributed by atoms with van der Waals surface area (Å²) >= 11 is 0. The minimum atomic E-state index is -2.63. The van der Waals surface area contributed by atoms with Crippen molar-refractivity contribution in [2.75, 3.05) is 37.7 Å². The molecule has 2 atom stereocenters. The van der Waals surface area contributed by atoms with Crippen molar-refractivity contribution in [1.29, 1.82) is 0 Å². The van der Waals surface area contributed by atoms with Gasteiger partial charge in [0.2, 0.25) is 5.92 Å². The number of alkyl halides is 3. The van der Waals surface area contributed by atoms with Crippen LogP contribution in [0.3, 0.4) is 0 Å². The third kappa shape index (κ3) is 4.95. The number of anilines is 1. The van der Waals surface area contributed by atoms with E-state index in [4.69, 9.17) is 16.1 Å². The lowest BCUT2D eigenvalue weighted by molar-refractivity contribution is -0.168. The normalized spacial score (nSPS) is 24.9. The standard InChI is InChI=1S/C36H33F5N4O2/c1-2-24-28(38)7-4-21-14-23(46)15-27(29(21)24)25-5-6-26-31(30(25)39)42-33(47-20-35-8-3-11-45(35)17-22(37)16-35)43-32(26)44-12-9-34(10-13-44)18-36(40,41)19-34/h1,4-7,14-15,22,46H,3,8-13,16-20H2. The summed E-state index contributed by atoms with van der Waals surface area (Å²) in [7, 11) is 0. The van der Waals surface area contributed by atoms with E-state index < -0.39 is 34.7 Å². The first-order valence-corrected chi connectivity index (χ1v) is 16.1. The zero-order valence-corrected chi connectivity index (χ0v) is 25.6. The molecule has 8 rings (SSSR count). The third-order valence-electron chi connectivity index (χ3n) is 10.9. The largest absolute Gasteiger partial charge is 0.508 e. The summed E-state index contributed by atoms with van der Waals surface area (Å²) in [5.74, 6) is -1.39. The maximum atomic E-state index is 16.8. The number of fused-ring (bicyclic) bond motifs is 3. The molecule has 4 aromatic rings. The van der Waals surface area contributed by atoms with E-state index in [-0.39, 0.29) is 58.8 Å². The van der Waals surface area contributed by atoms with Crippen molar-refractivity contribution in [1.82, 2.24) is 14.9 Å². The van der Waals surface area contributed by atoms with Gasteiger partial charge in [0.25, 0.3) is 0 Å². The Morgan fingerprint density at radius 3 is 2.53 bits per heavy atom. The molecule has 0 radical (unpaired) electrons. The number of aromatic hydroxyl groups is 1. The highest BCUT2D eigenvalue weighted by molar-refractivity contribution is 6.04. The maximum Gasteiger partial charge on any atom is 0.319 e. The highest BCUT2D eigenvalue weighted by Crippen LogP contribution is 2.57. The number of piperidine rings is 1. The van der Waals surface area contributed by atoms with E-state index in [1.54, 1.807) is 6.07 Å². The number of ether oxygens (including phenoxy) is 1. The predicted molar refractivity (Wildman–Crippen MR) is 169 cm³/mol. The molecule has 3 saturated heterocycles. The summed E-state index contributed by atoms with van der Waals surface area (Å²) in [6.07, 6.45) is 7.59. The van der Waals surface area contributed by atoms with Crippen molar-refractivity contribution in [3.8, 4) is 35.2 Å². The van der Waals surface area contributed by atoms with Crippen LogP contribution in [0.5, 0.6) is 11.8 Å². The van der Waals surface area contributed by atoms with Crippen LogP contribution in [0.1, 0.15) is 50.5 Å². The molecular weight excluding hydrogens is 615 g/mol. The fourth-order valence-electron chi connectivity index (χ4n) is 8.66. The predicted octanol–water partition coefficient (Wildman–Crippen LogP) is 7.39. The van der Waals surface area contributed by atoms with Gasteiger partial charge in [-0.1, -0.05) is 18.1 Å². The van der Waals surface area contributed by atoms with Crippen molar-refractivity contribution in [2.24, 2.45) is 5.41 Å². The molecule has 1 aromatic heterocycles. The molecule has 1 aliphatic carbocycles. The average Bonchev–Trinajstić information content (AvgIpc) is 3.55. The summed E-state index contributed by atoms with van der Waals surface area (Å²) in [6.45, 7) is 2.17. The summed E-state index contributed by atoms with van der Waals surface area (Å²) < 4.78 is 80.0. The van der Waals surface area contributed by atoms with Crippen molar-refractivity contribution < 1.29 is 31.8 Å². The smallest absolute Gasteiger partial charge is 0.319 e. The molecule has 3 aliphatic heterocycles. The van der Waals surface area contributed by atoms with Gasteiger partial charge in [0.1, 0.15) is 35.7 Å².